The van der Waals surface area contributed by atoms with E-state index in [9.17, 15) is 9.18 Å². The van der Waals surface area contributed by atoms with Crippen molar-refractivity contribution in [1.82, 2.24) is 15.0 Å². The summed E-state index contributed by atoms with van der Waals surface area (Å²) in [6.45, 7) is 5.79. The molecule has 118 valence electrons. The number of rotatable bonds is 3. The molecule has 0 radical (unpaired) electrons. The van der Waals surface area contributed by atoms with Crippen molar-refractivity contribution >= 4 is 22.6 Å². The lowest BCUT2D eigenvalue weighted by atomic mass is 10.1. The monoisotopic (exact) mass is 312 g/mol. The summed E-state index contributed by atoms with van der Waals surface area (Å²) >= 11 is 0. The Kier molecular flexibility index (Phi) is 3.82. The fourth-order valence-corrected chi connectivity index (χ4v) is 2.43. The van der Waals surface area contributed by atoms with Gasteiger partial charge in [0, 0.05) is 17.3 Å². The molecule has 1 N–H and O–H groups in total. The minimum Gasteiger partial charge on any atom is -0.322 e. The number of carbonyl (C=O) groups excluding carboxylic acids is 1. The van der Waals surface area contributed by atoms with E-state index in [1.165, 1.54) is 12.1 Å². The number of aryl methyl sites for hydroxylation is 1. The van der Waals surface area contributed by atoms with E-state index >= 15 is 0 Å². The van der Waals surface area contributed by atoms with Crippen LogP contribution in [0.15, 0.2) is 36.4 Å². The second-order valence-electron chi connectivity index (χ2n) is 5.74. The van der Waals surface area contributed by atoms with Crippen LogP contribution in [0.25, 0.3) is 11.0 Å². The van der Waals surface area contributed by atoms with Gasteiger partial charge in [0.15, 0.2) is 0 Å². The average molecular weight is 312 g/mol. The maximum absolute atomic E-state index is 13.1. The van der Waals surface area contributed by atoms with Gasteiger partial charge in [0.2, 0.25) is 0 Å². The average Bonchev–Trinajstić information content (AvgIpc) is 2.93. The molecule has 0 fully saturated rings. The van der Waals surface area contributed by atoms with Gasteiger partial charge in [0.25, 0.3) is 5.91 Å². The lowest BCUT2D eigenvalue weighted by Gasteiger charge is -2.09. The highest BCUT2D eigenvalue weighted by Crippen LogP contribution is 2.20. The molecule has 1 amide bonds. The molecule has 0 aliphatic carbocycles. The fraction of sp³-hybridized carbons (Fsp3) is 0.235. The lowest BCUT2D eigenvalue weighted by Crippen LogP contribution is -2.12. The van der Waals surface area contributed by atoms with Crippen LogP contribution in [-0.4, -0.2) is 20.9 Å². The van der Waals surface area contributed by atoms with E-state index in [0.29, 0.717) is 22.3 Å². The number of hydrogen-bond acceptors (Lipinski definition) is 3. The predicted octanol–water partition coefficient (Wildman–Crippen LogP) is 3.71. The maximum Gasteiger partial charge on any atom is 0.255 e. The van der Waals surface area contributed by atoms with Gasteiger partial charge < -0.3 is 5.32 Å². The largest absolute Gasteiger partial charge is 0.322 e. The number of anilines is 1. The van der Waals surface area contributed by atoms with Crippen molar-refractivity contribution in [2.45, 2.75) is 26.8 Å². The molecule has 3 aromatic rings. The molecule has 0 saturated carbocycles. The summed E-state index contributed by atoms with van der Waals surface area (Å²) in [7, 11) is 0. The van der Waals surface area contributed by atoms with E-state index in [-0.39, 0.29) is 17.8 Å². The van der Waals surface area contributed by atoms with Gasteiger partial charge in [-0.1, -0.05) is 5.21 Å². The van der Waals surface area contributed by atoms with E-state index in [0.717, 1.165) is 5.52 Å². The number of amides is 1. The Morgan fingerprint density at radius 2 is 2.00 bits per heavy atom. The van der Waals surface area contributed by atoms with Crippen LogP contribution in [0.3, 0.4) is 0 Å². The van der Waals surface area contributed by atoms with E-state index in [1.807, 2.05) is 19.9 Å². The minimum atomic E-state index is -0.327. The SMILES string of the molecule is Cc1cc(F)ccc1NC(=O)c1ccc2c(c1)nnn2C(C)C. The number of hydrogen-bond donors (Lipinski definition) is 1. The van der Waals surface area contributed by atoms with Crippen LogP contribution in [0.1, 0.15) is 35.8 Å². The second kappa shape index (κ2) is 5.79. The van der Waals surface area contributed by atoms with Crippen molar-refractivity contribution in [2.24, 2.45) is 0 Å². The molecular formula is C17H17FN4O. The first-order chi connectivity index (χ1) is 11.0. The summed E-state index contributed by atoms with van der Waals surface area (Å²) in [5.41, 5.74) is 3.29. The Morgan fingerprint density at radius 1 is 1.22 bits per heavy atom. The van der Waals surface area contributed by atoms with Gasteiger partial charge in [0.1, 0.15) is 11.3 Å². The Labute approximate surface area is 133 Å². The molecule has 5 nitrogen and oxygen atoms in total. The maximum atomic E-state index is 13.1. The van der Waals surface area contributed by atoms with Crippen molar-refractivity contribution in [1.29, 1.82) is 0 Å². The summed E-state index contributed by atoms with van der Waals surface area (Å²) in [4.78, 5) is 12.4. The summed E-state index contributed by atoms with van der Waals surface area (Å²) in [5.74, 6) is -0.590. The number of nitrogens with one attached hydrogen (secondary N) is 1. The molecule has 0 bridgehead atoms. The van der Waals surface area contributed by atoms with Gasteiger partial charge >= 0.3 is 0 Å². The van der Waals surface area contributed by atoms with E-state index in [1.54, 1.807) is 29.8 Å². The van der Waals surface area contributed by atoms with Gasteiger partial charge in [-0.25, -0.2) is 9.07 Å². The number of carbonyl (C=O) groups is 1. The molecule has 0 saturated heterocycles. The van der Waals surface area contributed by atoms with Crippen molar-refractivity contribution in [3.05, 3.63) is 53.3 Å². The zero-order valence-electron chi connectivity index (χ0n) is 13.2. The number of benzene rings is 2. The van der Waals surface area contributed by atoms with E-state index in [4.69, 9.17) is 0 Å². The van der Waals surface area contributed by atoms with Crippen LogP contribution in [0.4, 0.5) is 10.1 Å². The van der Waals surface area contributed by atoms with E-state index < -0.39 is 0 Å². The molecular weight excluding hydrogens is 295 g/mol. The highest BCUT2D eigenvalue weighted by molar-refractivity contribution is 6.06. The van der Waals surface area contributed by atoms with Gasteiger partial charge in [0.05, 0.1) is 5.52 Å². The van der Waals surface area contributed by atoms with Crippen LogP contribution < -0.4 is 5.32 Å². The predicted molar refractivity (Wildman–Crippen MR) is 87.0 cm³/mol. The fourth-order valence-electron chi connectivity index (χ4n) is 2.43. The standard InChI is InChI=1S/C17H17FN4O/c1-10(2)22-16-7-4-12(9-15(16)20-21-22)17(23)19-14-6-5-13(18)8-11(14)3/h4-10H,1-3H3,(H,19,23). The zero-order valence-corrected chi connectivity index (χ0v) is 13.2. The summed E-state index contributed by atoms with van der Waals surface area (Å²) in [6, 6.07) is 9.72. The quantitative estimate of drug-likeness (QED) is 0.802. The number of aromatic nitrogens is 3. The highest BCUT2D eigenvalue weighted by Gasteiger charge is 2.12. The van der Waals surface area contributed by atoms with Crippen LogP contribution >= 0.6 is 0 Å². The third-order valence-corrected chi connectivity index (χ3v) is 3.66. The highest BCUT2D eigenvalue weighted by atomic mass is 19.1. The third-order valence-electron chi connectivity index (χ3n) is 3.66. The second-order valence-corrected chi connectivity index (χ2v) is 5.74. The molecule has 0 atom stereocenters. The van der Waals surface area contributed by atoms with Crippen molar-refractivity contribution in [3.8, 4) is 0 Å². The molecule has 1 aromatic heterocycles. The Balaban J connectivity index is 1.89. The van der Waals surface area contributed by atoms with Crippen LogP contribution in [0, 0.1) is 12.7 Å². The minimum absolute atomic E-state index is 0.196. The molecule has 3 rings (SSSR count). The van der Waals surface area contributed by atoms with Crippen LogP contribution in [0.5, 0.6) is 0 Å². The number of fused-ring (bicyclic) bond motifs is 1. The third kappa shape index (κ3) is 2.92. The van der Waals surface area contributed by atoms with Crippen LogP contribution in [0.2, 0.25) is 0 Å². The summed E-state index contributed by atoms with van der Waals surface area (Å²) in [5, 5.41) is 11.0. The van der Waals surface area contributed by atoms with E-state index in [2.05, 4.69) is 15.6 Å². The number of nitrogens with zero attached hydrogens (tertiary/aromatic N) is 3. The molecule has 1 heterocycles. The Morgan fingerprint density at radius 3 is 2.70 bits per heavy atom. The molecule has 23 heavy (non-hydrogen) atoms. The molecule has 0 spiro atoms. The van der Waals surface area contributed by atoms with Crippen molar-refractivity contribution < 1.29 is 9.18 Å². The molecule has 0 aliphatic heterocycles. The van der Waals surface area contributed by atoms with Gasteiger partial charge in [-0.3, -0.25) is 4.79 Å². The van der Waals surface area contributed by atoms with Gasteiger partial charge in [-0.15, -0.1) is 5.10 Å². The topological polar surface area (TPSA) is 59.8 Å². The Hall–Kier alpha value is -2.76. The molecule has 2 aromatic carbocycles. The first-order valence-corrected chi connectivity index (χ1v) is 7.38. The van der Waals surface area contributed by atoms with Crippen molar-refractivity contribution in [2.75, 3.05) is 5.32 Å². The first kappa shape index (κ1) is 15.1. The molecule has 0 unspecified atom stereocenters. The summed E-state index contributed by atoms with van der Waals surface area (Å²) in [6.07, 6.45) is 0. The smallest absolute Gasteiger partial charge is 0.255 e. The molecule has 0 aliphatic rings. The van der Waals surface area contributed by atoms with Crippen LogP contribution in [-0.2, 0) is 0 Å². The zero-order chi connectivity index (χ0) is 16.6. The molecule has 6 heteroatoms. The van der Waals surface area contributed by atoms with Crippen molar-refractivity contribution in [3.63, 3.8) is 0 Å². The summed E-state index contributed by atoms with van der Waals surface area (Å²) < 4.78 is 14.9. The van der Waals surface area contributed by atoms with Gasteiger partial charge in [-0.2, -0.15) is 0 Å². The van der Waals surface area contributed by atoms with Gasteiger partial charge in [-0.05, 0) is 62.7 Å². The Bertz CT molecular complexity index is 885. The number of halogens is 1. The normalized spacial score (nSPS) is 11.2. The lowest BCUT2D eigenvalue weighted by molar-refractivity contribution is 0.102. The first-order valence-electron chi connectivity index (χ1n) is 7.38.